The number of rotatable bonds is 0. The molecule has 0 aromatic heterocycles. The molecule has 64 valence electrons. The largest absolute Gasteiger partial charge is 0.465 e. The first-order valence-electron chi connectivity index (χ1n) is 4.87. The Bertz CT molecular complexity index is 266. The van der Waals surface area contributed by atoms with Gasteiger partial charge in [0.25, 0.3) is 0 Å². The summed E-state index contributed by atoms with van der Waals surface area (Å²) in [4.78, 5) is 11.5. The number of fused-ring (bicyclic) bond motifs is 1. The van der Waals surface area contributed by atoms with Crippen molar-refractivity contribution in [1.82, 2.24) is 0 Å². The molecule has 2 aliphatic rings. The van der Waals surface area contributed by atoms with Crippen molar-refractivity contribution in [2.24, 2.45) is 17.7 Å². The van der Waals surface area contributed by atoms with Gasteiger partial charge in [0, 0.05) is 12.6 Å². The van der Waals surface area contributed by atoms with E-state index in [1.165, 1.54) is 0 Å². The summed E-state index contributed by atoms with van der Waals surface area (Å²) in [6.07, 6.45) is 0.822. The molecule has 1 aliphatic heterocycles. The molecule has 0 spiro atoms. The first kappa shape index (κ1) is 6.99. The Morgan fingerprint density at radius 3 is 3.00 bits per heavy atom. The highest BCUT2D eigenvalue weighted by atomic mass is 16.5. The molecule has 2 nitrogen and oxygen atoms in total. The van der Waals surface area contributed by atoms with Crippen LogP contribution in [0.15, 0.2) is 0 Å². The van der Waals surface area contributed by atoms with Crippen LogP contribution in [0.3, 0.4) is 0 Å². The zero-order valence-electron chi connectivity index (χ0n) is 8.46. The number of carbonyl (C=O) groups is 1. The zero-order chi connectivity index (χ0) is 9.85. The summed E-state index contributed by atoms with van der Waals surface area (Å²) >= 11 is 0. The second-order valence-electron chi connectivity index (χ2n) is 3.98. The van der Waals surface area contributed by atoms with Crippen LogP contribution in [0.5, 0.6) is 0 Å². The van der Waals surface area contributed by atoms with Crippen molar-refractivity contribution in [3.8, 4) is 0 Å². The Kier molecular flexibility index (Phi) is 1.32. The minimum atomic E-state index is -1.06. The molecule has 1 heterocycles. The lowest BCUT2D eigenvalue weighted by Gasteiger charge is -2.25. The number of ether oxygens (including phenoxy) is 1. The number of carbonyl (C=O) groups excluding carboxylic acids is 1. The van der Waals surface area contributed by atoms with E-state index >= 15 is 0 Å². The predicted octanol–water partition coefficient (Wildman–Crippen LogP) is 1.16. The first-order valence-corrected chi connectivity index (χ1v) is 4.37. The van der Waals surface area contributed by atoms with Crippen molar-refractivity contribution in [2.75, 3.05) is 6.61 Å². The summed E-state index contributed by atoms with van der Waals surface area (Å²) in [5, 5.41) is -1.06. The van der Waals surface area contributed by atoms with Crippen LogP contribution in [-0.2, 0) is 9.53 Å². The summed E-state index contributed by atoms with van der Waals surface area (Å²) in [7, 11) is 6.01. The molecule has 0 aromatic carbocycles. The SMILES string of the molecule is [2H][C@]1(C)C(C)C[C@@H]2COC(=O)C21[B]. The molecule has 1 aliphatic carbocycles. The number of hydrogen-bond donors (Lipinski definition) is 0. The lowest BCUT2D eigenvalue weighted by molar-refractivity contribution is -0.141. The Labute approximate surface area is 75.5 Å². The van der Waals surface area contributed by atoms with E-state index in [1.807, 2.05) is 6.92 Å². The van der Waals surface area contributed by atoms with E-state index in [9.17, 15) is 4.79 Å². The summed E-state index contributed by atoms with van der Waals surface area (Å²) in [5.41, 5.74) is 0. The predicted molar refractivity (Wildman–Crippen MR) is 45.8 cm³/mol. The van der Waals surface area contributed by atoms with Crippen molar-refractivity contribution < 1.29 is 10.9 Å². The van der Waals surface area contributed by atoms with E-state index in [2.05, 4.69) is 0 Å². The molecule has 12 heavy (non-hydrogen) atoms. The van der Waals surface area contributed by atoms with Crippen LogP contribution in [-0.4, -0.2) is 20.4 Å². The summed E-state index contributed by atoms with van der Waals surface area (Å²) in [5.74, 6) is -1.07. The summed E-state index contributed by atoms with van der Waals surface area (Å²) < 4.78 is 13.0. The maximum absolute atomic E-state index is 11.5. The zero-order valence-corrected chi connectivity index (χ0v) is 7.46. The van der Waals surface area contributed by atoms with Gasteiger partial charge in [0.15, 0.2) is 0 Å². The smallest absolute Gasteiger partial charge is 0.303 e. The first-order chi connectivity index (χ1) is 5.90. The fraction of sp³-hybridized carbons (Fsp3) is 0.889. The van der Waals surface area contributed by atoms with Gasteiger partial charge in [0.05, 0.1) is 14.5 Å². The van der Waals surface area contributed by atoms with Crippen molar-refractivity contribution >= 4 is 13.8 Å². The molecule has 2 unspecified atom stereocenters. The second kappa shape index (κ2) is 2.27. The van der Waals surface area contributed by atoms with E-state index in [-0.39, 0.29) is 17.8 Å². The van der Waals surface area contributed by atoms with E-state index in [0.717, 1.165) is 6.42 Å². The molecule has 3 heteroatoms. The molecule has 0 N–H and O–H groups in total. The van der Waals surface area contributed by atoms with E-state index < -0.39 is 11.2 Å². The third-order valence-corrected chi connectivity index (χ3v) is 3.43. The van der Waals surface area contributed by atoms with Crippen molar-refractivity contribution in [3.05, 3.63) is 0 Å². The van der Waals surface area contributed by atoms with Gasteiger partial charge in [0.1, 0.15) is 0 Å². The van der Waals surface area contributed by atoms with Gasteiger partial charge < -0.3 is 4.74 Å². The minimum Gasteiger partial charge on any atom is -0.465 e. The molecule has 2 rings (SSSR count). The van der Waals surface area contributed by atoms with E-state index in [4.69, 9.17) is 14.0 Å². The van der Waals surface area contributed by atoms with Crippen LogP contribution in [0.4, 0.5) is 0 Å². The van der Waals surface area contributed by atoms with Gasteiger partial charge in [-0.2, -0.15) is 0 Å². The fourth-order valence-electron chi connectivity index (χ4n) is 2.34. The highest BCUT2D eigenvalue weighted by molar-refractivity contribution is 6.28. The van der Waals surface area contributed by atoms with Gasteiger partial charge in [-0.1, -0.05) is 13.8 Å². The lowest BCUT2D eigenvalue weighted by atomic mass is 9.59. The van der Waals surface area contributed by atoms with Crippen LogP contribution < -0.4 is 0 Å². The van der Waals surface area contributed by atoms with Crippen LogP contribution in [0.1, 0.15) is 21.6 Å². The fourth-order valence-corrected chi connectivity index (χ4v) is 2.34. The Hall–Kier alpha value is -0.465. The molecule has 1 saturated carbocycles. The minimum absolute atomic E-state index is 0.0394. The number of cyclic esters (lactones) is 1. The van der Waals surface area contributed by atoms with Crippen LogP contribution in [0.2, 0.25) is 5.31 Å². The monoisotopic (exact) mass is 165 g/mol. The molecule has 0 bridgehead atoms. The van der Waals surface area contributed by atoms with Crippen LogP contribution in [0, 0.1) is 17.7 Å². The maximum atomic E-state index is 11.5. The van der Waals surface area contributed by atoms with Crippen molar-refractivity contribution in [1.29, 1.82) is 0 Å². The quantitative estimate of drug-likeness (QED) is 0.397. The maximum Gasteiger partial charge on any atom is 0.303 e. The highest BCUT2D eigenvalue weighted by Gasteiger charge is 2.57. The molecular formula is C9H13BO2. The molecule has 0 aromatic rings. The van der Waals surface area contributed by atoms with Gasteiger partial charge in [-0.3, -0.25) is 4.79 Å². The van der Waals surface area contributed by atoms with Gasteiger partial charge in [-0.25, -0.2) is 0 Å². The molecular weight excluding hydrogens is 151 g/mol. The molecule has 0 amide bonds. The average Bonchev–Trinajstić information content (AvgIpc) is 2.40. The third kappa shape index (κ3) is 0.745. The van der Waals surface area contributed by atoms with Crippen molar-refractivity contribution in [3.63, 3.8) is 0 Å². The lowest BCUT2D eigenvalue weighted by Crippen LogP contribution is -2.28. The van der Waals surface area contributed by atoms with Gasteiger partial charge >= 0.3 is 5.97 Å². The van der Waals surface area contributed by atoms with Crippen LogP contribution in [0.25, 0.3) is 0 Å². The molecule has 1 saturated heterocycles. The standard InChI is InChI=1S/C9H13BO2/c1-5-3-7-4-12-8(11)9(7,10)6(5)2/h5-7H,3-4H2,1-2H3/t5?,6-,7+,9?/m0/s1/i6D. The van der Waals surface area contributed by atoms with Crippen molar-refractivity contribution in [2.45, 2.75) is 25.6 Å². The Morgan fingerprint density at radius 2 is 2.42 bits per heavy atom. The molecule has 2 fully saturated rings. The van der Waals surface area contributed by atoms with Crippen LogP contribution >= 0.6 is 0 Å². The number of esters is 1. The van der Waals surface area contributed by atoms with E-state index in [1.54, 1.807) is 6.92 Å². The number of hydrogen-bond acceptors (Lipinski definition) is 2. The summed E-state index contributed by atoms with van der Waals surface area (Å²) in [6, 6.07) is 0. The van der Waals surface area contributed by atoms with Gasteiger partial charge in [-0.05, 0) is 18.2 Å². The Balaban J connectivity index is 2.45. The average molecular weight is 165 g/mol. The summed E-state index contributed by atoms with van der Waals surface area (Å²) in [6.45, 7) is 4.12. The van der Waals surface area contributed by atoms with Gasteiger partial charge in [-0.15, -0.1) is 0 Å². The Morgan fingerprint density at radius 1 is 1.75 bits per heavy atom. The highest BCUT2D eigenvalue weighted by Crippen LogP contribution is 2.58. The molecule has 2 radical (unpaired) electrons. The second-order valence-corrected chi connectivity index (χ2v) is 3.98. The van der Waals surface area contributed by atoms with Gasteiger partial charge in [0.2, 0.25) is 0 Å². The topological polar surface area (TPSA) is 26.3 Å². The third-order valence-electron chi connectivity index (χ3n) is 3.43. The normalized spacial score (nSPS) is 59.5. The molecule has 4 atom stereocenters. The van der Waals surface area contributed by atoms with E-state index in [0.29, 0.717) is 6.61 Å².